The molecule has 0 aliphatic carbocycles. The average Bonchev–Trinajstić information content (AvgIpc) is 2.78. The molecule has 1 N–H and O–H groups in total. The lowest BCUT2D eigenvalue weighted by Gasteiger charge is -2.05. The maximum absolute atomic E-state index is 11.9. The number of hydrogen-bond donors (Lipinski definition) is 1. The van der Waals surface area contributed by atoms with Gasteiger partial charge in [0.15, 0.2) is 0 Å². The summed E-state index contributed by atoms with van der Waals surface area (Å²) >= 11 is 3.39. The van der Waals surface area contributed by atoms with Crippen LogP contribution in [-0.4, -0.2) is 16.4 Å². The fourth-order valence-electron chi connectivity index (χ4n) is 1.58. The van der Waals surface area contributed by atoms with Crippen LogP contribution in [0.4, 0.5) is 5.69 Å². The van der Waals surface area contributed by atoms with Crippen LogP contribution in [0.1, 0.15) is 21.7 Å². The molecule has 5 heteroatoms. The van der Waals surface area contributed by atoms with Gasteiger partial charge in [-0.15, -0.1) is 0 Å². The summed E-state index contributed by atoms with van der Waals surface area (Å²) in [5.74, 6) is 0.311. The summed E-state index contributed by atoms with van der Waals surface area (Å²) in [6.45, 7) is 1.71. The molecule has 0 aliphatic rings. The third-order valence-electron chi connectivity index (χ3n) is 2.59. The average molecular weight is 309 g/mol. The molecule has 0 radical (unpaired) electrons. The van der Waals surface area contributed by atoms with E-state index in [0.717, 1.165) is 17.4 Å². The second-order valence-electron chi connectivity index (χ2n) is 3.89. The van der Waals surface area contributed by atoms with E-state index >= 15 is 0 Å². The summed E-state index contributed by atoms with van der Waals surface area (Å²) in [5, 5.41) is 7.31. The lowest BCUT2D eigenvalue weighted by Crippen LogP contribution is -2.12. The quantitative estimate of drug-likeness (QED) is 0.883. The van der Waals surface area contributed by atoms with Crippen LogP contribution in [0.2, 0.25) is 0 Å². The number of anilines is 1. The van der Waals surface area contributed by atoms with Crippen molar-refractivity contribution in [2.24, 2.45) is 0 Å². The van der Waals surface area contributed by atoms with Gasteiger partial charge in [0.25, 0.3) is 5.91 Å². The lowest BCUT2D eigenvalue weighted by molar-refractivity contribution is 0.102. The number of carbonyl (C=O) groups excluding carboxylic acids is 1. The first-order chi connectivity index (χ1) is 8.70. The van der Waals surface area contributed by atoms with Crippen molar-refractivity contribution in [1.82, 2.24) is 5.16 Å². The van der Waals surface area contributed by atoms with Crippen molar-refractivity contribution in [1.29, 1.82) is 0 Å². The zero-order valence-corrected chi connectivity index (χ0v) is 11.5. The number of aromatic nitrogens is 1. The van der Waals surface area contributed by atoms with E-state index in [4.69, 9.17) is 4.52 Å². The second kappa shape index (κ2) is 5.82. The number of rotatable bonds is 4. The SMILES string of the molecule is Cc1oncc1C(=O)Nc1ccc(CCBr)cc1. The zero-order valence-electron chi connectivity index (χ0n) is 9.94. The number of carbonyl (C=O) groups is 1. The molecular formula is C13H13BrN2O2. The van der Waals surface area contributed by atoms with Crippen molar-refractivity contribution in [2.75, 3.05) is 10.6 Å². The number of nitrogens with one attached hydrogen (secondary N) is 1. The predicted molar refractivity (Wildman–Crippen MR) is 73.1 cm³/mol. The van der Waals surface area contributed by atoms with E-state index in [9.17, 15) is 4.79 Å². The number of aryl methyl sites for hydroxylation is 2. The third kappa shape index (κ3) is 2.98. The van der Waals surface area contributed by atoms with Gasteiger partial charge in [-0.3, -0.25) is 4.79 Å². The van der Waals surface area contributed by atoms with Gasteiger partial charge in [-0.05, 0) is 31.0 Å². The molecule has 0 saturated heterocycles. The van der Waals surface area contributed by atoms with Crippen LogP contribution in [0.5, 0.6) is 0 Å². The Kier molecular flexibility index (Phi) is 4.15. The van der Waals surface area contributed by atoms with Crippen LogP contribution in [-0.2, 0) is 6.42 Å². The van der Waals surface area contributed by atoms with Crippen molar-refractivity contribution in [3.8, 4) is 0 Å². The molecule has 0 bridgehead atoms. The minimum atomic E-state index is -0.206. The van der Waals surface area contributed by atoms with Crippen molar-refractivity contribution in [2.45, 2.75) is 13.3 Å². The third-order valence-corrected chi connectivity index (χ3v) is 2.99. The topological polar surface area (TPSA) is 55.1 Å². The van der Waals surface area contributed by atoms with Gasteiger partial charge in [-0.25, -0.2) is 0 Å². The van der Waals surface area contributed by atoms with Crippen molar-refractivity contribution >= 4 is 27.5 Å². The van der Waals surface area contributed by atoms with E-state index in [-0.39, 0.29) is 5.91 Å². The van der Waals surface area contributed by atoms with Gasteiger partial charge < -0.3 is 9.84 Å². The largest absolute Gasteiger partial charge is 0.361 e. The molecule has 0 spiro atoms. The Morgan fingerprint density at radius 3 is 2.67 bits per heavy atom. The number of amides is 1. The number of halogens is 1. The molecule has 94 valence electrons. The van der Waals surface area contributed by atoms with Crippen LogP contribution in [0.25, 0.3) is 0 Å². The van der Waals surface area contributed by atoms with Crippen LogP contribution in [0, 0.1) is 6.92 Å². The van der Waals surface area contributed by atoms with Crippen molar-refractivity contribution < 1.29 is 9.32 Å². The van der Waals surface area contributed by atoms with Gasteiger partial charge in [0, 0.05) is 11.0 Å². The second-order valence-corrected chi connectivity index (χ2v) is 4.68. The Balaban J connectivity index is 2.05. The van der Waals surface area contributed by atoms with Gasteiger partial charge in [0.2, 0.25) is 0 Å². The highest BCUT2D eigenvalue weighted by molar-refractivity contribution is 9.09. The molecule has 18 heavy (non-hydrogen) atoms. The normalized spacial score (nSPS) is 10.3. The first-order valence-corrected chi connectivity index (χ1v) is 6.70. The zero-order chi connectivity index (χ0) is 13.0. The van der Waals surface area contributed by atoms with E-state index in [1.54, 1.807) is 6.92 Å². The predicted octanol–water partition coefficient (Wildman–Crippen LogP) is 3.17. The van der Waals surface area contributed by atoms with Crippen LogP contribution >= 0.6 is 15.9 Å². The molecule has 0 aliphatic heterocycles. The summed E-state index contributed by atoms with van der Waals surface area (Å²) in [7, 11) is 0. The molecule has 2 aromatic rings. The van der Waals surface area contributed by atoms with Crippen LogP contribution in [0.3, 0.4) is 0 Å². The molecule has 2 rings (SSSR count). The van der Waals surface area contributed by atoms with Crippen molar-refractivity contribution in [3.05, 3.63) is 47.3 Å². The van der Waals surface area contributed by atoms with Gasteiger partial charge in [0.05, 0.1) is 6.20 Å². The Morgan fingerprint density at radius 2 is 2.11 bits per heavy atom. The van der Waals surface area contributed by atoms with Gasteiger partial charge in [0.1, 0.15) is 11.3 Å². The molecule has 4 nitrogen and oxygen atoms in total. The smallest absolute Gasteiger partial charge is 0.260 e. The summed E-state index contributed by atoms with van der Waals surface area (Å²) < 4.78 is 4.86. The van der Waals surface area contributed by atoms with Gasteiger partial charge >= 0.3 is 0 Å². The standard InChI is InChI=1S/C13H13BrN2O2/c1-9-12(8-15-18-9)13(17)16-11-4-2-10(3-5-11)6-7-14/h2-5,8H,6-7H2,1H3,(H,16,17). The molecule has 0 fully saturated rings. The number of hydrogen-bond acceptors (Lipinski definition) is 3. The van der Waals surface area contributed by atoms with Crippen LogP contribution < -0.4 is 5.32 Å². The first kappa shape index (κ1) is 12.8. The van der Waals surface area contributed by atoms with E-state index in [0.29, 0.717) is 11.3 Å². The Labute approximate surface area is 113 Å². The lowest BCUT2D eigenvalue weighted by atomic mass is 10.1. The molecule has 0 atom stereocenters. The minimum Gasteiger partial charge on any atom is -0.361 e. The maximum Gasteiger partial charge on any atom is 0.260 e. The van der Waals surface area contributed by atoms with Gasteiger partial charge in [-0.1, -0.05) is 33.2 Å². The molecule has 1 aromatic carbocycles. The molecule has 0 saturated carbocycles. The highest BCUT2D eigenvalue weighted by atomic mass is 79.9. The molecule has 1 heterocycles. The molecule has 0 unspecified atom stereocenters. The first-order valence-electron chi connectivity index (χ1n) is 5.58. The maximum atomic E-state index is 11.9. The number of benzene rings is 1. The number of nitrogens with zero attached hydrogens (tertiary/aromatic N) is 1. The van der Waals surface area contributed by atoms with Crippen LogP contribution in [0.15, 0.2) is 35.0 Å². The summed E-state index contributed by atoms with van der Waals surface area (Å²) in [5.41, 5.74) is 2.45. The fourth-order valence-corrected chi connectivity index (χ4v) is 2.04. The minimum absolute atomic E-state index is 0.206. The Hall–Kier alpha value is -1.62. The monoisotopic (exact) mass is 308 g/mol. The van der Waals surface area contributed by atoms with Crippen molar-refractivity contribution in [3.63, 3.8) is 0 Å². The van der Waals surface area contributed by atoms with E-state index in [2.05, 4.69) is 26.4 Å². The summed E-state index contributed by atoms with van der Waals surface area (Å²) in [6, 6.07) is 7.77. The highest BCUT2D eigenvalue weighted by Gasteiger charge is 2.12. The number of alkyl halides is 1. The fraction of sp³-hybridized carbons (Fsp3) is 0.231. The highest BCUT2D eigenvalue weighted by Crippen LogP contribution is 2.13. The Bertz CT molecular complexity index is 534. The molecule has 1 aromatic heterocycles. The van der Waals surface area contributed by atoms with E-state index in [1.807, 2.05) is 24.3 Å². The molecular weight excluding hydrogens is 296 g/mol. The summed E-state index contributed by atoms with van der Waals surface area (Å²) in [4.78, 5) is 11.9. The Morgan fingerprint density at radius 1 is 1.39 bits per heavy atom. The van der Waals surface area contributed by atoms with E-state index in [1.165, 1.54) is 11.8 Å². The molecule has 1 amide bonds. The van der Waals surface area contributed by atoms with Gasteiger partial charge in [-0.2, -0.15) is 0 Å². The summed E-state index contributed by atoms with van der Waals surface area (Å²) in [6.07, 6.45) is 2.39. The van der Waals surface area contributed by atoms with E-state index < -0.39 is 0 Å².